The molecular formula is C16H14N4O3S. The van der Waals surface area contributed by atoms with Gasteiger partial charge in [0.1, 0.15) is 0 Å². The first-order valence-electron chi connectivity index (χ1n) is 6.95. The highest BCUT2D eigenvalue weighted by molar-refractivity contribution is 7.80. The number of carbonyl (C=O) groups is 1. The van der Waals surface area contributed by atoms with Crippen LogP contribution in [0.4, 0.5) is 5.69 Å². The topological polar surface area (TPSA) is 97.2 Å². The Kier molecular flexibility index (Phi) is 6.09. The maximum Gasteiger partial charge on any atom is 0.270 e. The van der Waals surface area contributed by atoms with Gasteiger partial charge in [0, 0.05) is 37.1 Å². The fraction of sp³-hybridized carbons (Fsp3) is 0.0625. The van der Waals surface area contributed by atoms with E-state index in [1.54, 1.807) is 30.6 Å². The van der Waals surface area contributed by atoms with Crippen molar-refractivity contribution in [3.63, 3.8) is 0 Å². The van der Waals surface area contributed by atoms with Crippen LogP contribution in [0.15, 0.2) is 54.9 Å². The van der Waals surface area contributed by atoms with Gasteiger partial charge >= 0.3 is 0 Å². The van der Waals surface area contributed by atoms with Crippen molar-refractivity contribution in [3.05, 3.63) is 76.1 Å². The van der Waals surface area contributed by atoms with Gasteiger partial charge in [-0.3, -0.25) is 25.2 Å². The van der Waals surface area contributed by atoms with E-state index in [0.29, 0.717) is 12.1 Å². The molecule has 0 spiro atoms. The maximum absolute atomic E-state index is 11.8. The van der Waals surface area contributed by atoms with E-state index >= 15 is 0 Å². The molecule has 24 heavy (non-hydrogen) atoms. The lowest BCUT2D eigenvalue weighted by Crippen LogP contribution is -2.37. The van der Waals surface area contributed by atoms with E-state index in [-0.39, 0.29) is 10.8 Å². The Morgan fingerprint density at radius 3 is 2.88 bits per heavy atom. The molecule has 2 N–H and O–H groups in total. The van der Waals surface area contributed by atoms with E-state index in [1.165, 1.54) is 24.3 Å². The van der Waals surface area contributed by atoms with Crippen molar-refractivity contribution >= 4 is 35.0 Å². The monoisotopic (exact) mass is 342 g/mol. The largest absolute Gasteiger partial charge is 0.358 e. The van der Waals surface area contributed by atoms with Gasteiger partial charge in [0.15, 0.2) is 5.11 Å². The highest BCUT2D eigenvalue weighted by Crippen LogP contribution is 2.13. The zero-order chi connectivity index (χ0) is 17.4. The molecular weight excluding hydrogens is 328 g/mol. The molecule has 0 atom stereocenters. The Balaban J connectivity index is 1.85. The quantitative estimate of drug-likeness (QED) is 0.374. The SMILES string of the molecule is O=C(/C=C/c1cccc([N+](=O)[O-])c1)NC(=S)NCc1cccnc1. The van der Waals surface area contributed by atoms with Gasteiger partial charge in [-0.1, -0.05) is 18.2 Å². The van der Waals surface area contributed by atoms with Crippen molar-refractivity contribution in [2.24, 2.45) is 0 Å². The molecule has 1 aromatic heterocycles. The van der Waals surface area contributed by atoms with Gasteiger partial charge in [0.25, 0.3) is 5.69 Å². The summed E-state index contributed by atoms with van der Waals surface area (Å²) in [7, 11) is 0. The van der Waals surface area contributed by atoms with Gasteiger partial charge in [-0.25, -0.2) is 0 Å². The Morgan fingerprint density at radius 1 is 1.33 bits per heavy atom. The van der Waals surface area contributed by atoms with Crippen molar-refractivity contribution in [3.8, 4) is 0 Å². The number of nitrogens with zero attached hydrogens (tertiary/aromatic N) is 2. The molecule has 0 aliphatic rings. The Hall–Kier alpha value is -3.13. The van der Waals surface area contributed by atoms with Crippen LogP contribution >= 0.6 is 12.2 Å². The zero-order valence-electron chi connectivity index (χ0n) is 12.5. The molecule has 0 saturated carbocycles. The number of nitro groups is 1. The summed E-state index contributed by atoms with van der Waals surface area (Å²) < 4.78 is 0. The zero-order valence-corrected chi connectivity index (χ0v) is 13.3. The first-order chi connectivity index (χ1) is 11.5. The third-order valence-electron chi connectivity index (χ3n) is 2.92. The van der Waals surface area contributed by atoms with Crippen molar-refractivity contribution in [2.45, 2.75) is 6.54 Å². The van der Waals surface area contributed by atoms with Crippen molar-refractivity contribution in [1.82, 2.24) is 15.6 Å². The third-order valence-corrected chi connectivity index (χ3v) is 3.17. The number of carbonyl (C=O) groups excluding carboxylic acids is 1. The minimum Gasteiger partial charge on any atom is -0.358 e. The normalized spacial score (nSPS) is 10.3. The molecule has 0 aliphatic heterocycles. The fourth-order valence-corrected chi connectivity index (χ4v) is 1.97. The van der Waals surface area contributed by atoms with E-state index in [2.05, 4.69) is 15.6 Å². The van der Waals surface area contributed by atoms with Crippen molar-refractivity contribution in [1.29, 1.82) is 0 Å². The molecule has 0 saturated heterocycles. The summed E-state index contributed by atoms with van der Waals surface area (Å²) in [5, 5.41) is 16.3. The van der Waals surface area contributed by atoms with Crippen LogP contribution in [0, 0.1) is 10.1 Å². The number of hydrogen-bond acceptors (Lipinski definition) is 5. The van der Waals surface area contributed by atoms with Gasteiger partial charge < -0.3 is 5.32 Å². The lowest BCUT2D eigenvalue weighted by molar-refractivity contribution is -0.384. The average molecular weight is 342 g/mol. The second-order valence-electron chi connectivity index (χ2n) is 4.72. The number of rotatable bonds is 5. The number of benzene rings is 1. The van der Waals surface area contributed by atoms with E-state index < -0.39 is 10.8 Å². The molecule has 0 fully saturated rings. The summed E-state index contributed by atoms with van der Waals surface area (Å²) in [6, 6.07) is 9.66. The van der Waals surface area contributed by atoms with Crippen LogP contribution in [0.1, 0.15) is 11.1 Å². The molecule has 1 amide bonds. The van der Waals surface area contributed by atoms with Gasteiger partial charge in [0.05, 0.1) is 4.92 Å². The summed E-state index contributed by atoms with van der Waals surface area (Å²) in [4.78, 5) is 26.0. The highest BCUT2D eigenvalue weighted by Gasteiger charge is 2.05. The Bertz CT molecular complexity index is 778. The van der Waals surface area contributed by atoms with E-state index in [0.717, 1.165) is 5.56 Å². The predicted molar refractivity (Wildman–Crippen MR) is 93.9 cm³/mol. The molecule has 122 valence electrons. The standard InChI is InChI=1S/C16H14N4O3S/c21-15(7-6-12-3-1-5-14(9-12)20(22)23)19-16(24)18-11-13-4-2-8-17-10-13/h1-10H,11H2,(H2,18,19,21,24)/b7-6+. The molecule has 7 nitrogen and oxygen atoms in total. The van der Waals surface area contributed by atoms with Gasteiger partial charge in [0.2, 0.25) is 5.91 Å². The van der Waals surface area contributed by atoms with E-state index in [4.69, 9.17) is 12.2 Å². The van der Waals surface area contributed by atoms with Gasteiger partial charge in [-0.15, -0.1) is 0 Å². The average Bonchev–Trinajstić information content (AvgIpc) is 2.59. The summed E-state index contributed by atoms with van der Waals surface area (Å²) in [5.74, 6) is -0.426. The van der Waals surface area contributed by atoms with Crippen molar-refractivity contribution in [2.75, 3.05) is 0 Å². The highest BCUT2D eigenvalue weighted by atomic mass is 32.1. The Labute approximate surface area is 143 Å². The van der Waals surface area contributed by atoms with E-state index in [1.807, 2.05) is 6.07 Å². The van der Waals surface area contributed by atoms with Crippen molar-refractivity contribution < 1.29 is 9.72 Å². The number of hydrogen-bond donors (Lipinski definition) is 2. The summed E-state index contributed by atoms with van der Waals surface area (Å²) >= 11 is 5.03. The number of aromatic nitrogens is 1. The first-order valence-corrected chi connectivity index (χ1v) is 7.35. The smallest absolute Gasteiger partial charge is 0.270 e. The molecule has 0 bridgehead atoms. The summed E-state index contributed by atoms with van der Waals surface area (Å²) in [5.41, 5.74) is 1.45. The van der Waals surface area contributed by atoms with Crippen LogP contribution in [0.3, 0.4) is 0 Å². The Morgan fingerprint density at radius 2 is 2.17 bits per heavy atom. The molecule has 1 aromatic carbocycles. The molecule has 2 aromatic rings. The number of nitrogens with one attached hydrogen (secondary N) is 2. The molecule has 1 heterocycles. The van der Waals surface area contributed by atoms with Crippen LogP contribution in [-0.2, 0) is 11.3 Å². The van der Waals surface area contributed by atoms with Gasteiger partial charge in [-0.2, -0.15) is 0 Å². The second-order valence-corrected chi connectivity index (χ2v) is 5.13. The molecule has 0 aliphatic carbocycles. The number of non-ortho nitro benzene ring substituents is 1. The molecule has 8 heteroatoms. The fourth-order valence-electron chi connectivity index (χ4n) is 1.80. The minimum atomic E-state index is -0.491. The first kappa shape index (κ1) is 17.2. The minimum absolute atomic E-state index is 0.0359. The van der Waals surface area contributed by atoms with E-state index in [9.17, 15) is 14.9 Å². The number of pyridine rings is 1. The lowest BCUT2D eigenvalue weighted by atomic mass is 10.2. The molecule has 0 unspecified atom stereocenters. The second kappa shape index (κ2) is 8.49. The lowest BCUT2D eigenvalue weighted by Gasteiger charge is -2.07. The third kappa shape index (κ3) is 5.58. The maximum atomic E-state index is 11.8. The molecule has 2 rings (SSSR count). The van der Waals surface area contributed by atoms with Gasteiger partial charge in [-0.05, 0) is 35.5 Å². The number of amides is 1. The summed E-state index contributed by atoms with van der Waals surface area (Å²) in [6.07, 6.45) is 6.10. The predicted octanol–water partition coefficient (Wildman–Crippen LogP) is 2.19. The summed E-state index contributed by atoms with van der Waals surface area (Å²) in [6.45, 7) is 0.446. The molecule has 0 radical (unpaired) electrons. The number of nitro benzene ring substituents is 1. The van der Waals surface area contributed by atoms with Crippen LogP contribution in [0.2, 0.25) is 0 Å². The number of thiocarbonyl (C=S) groups is 1. The van der Waals surface area contributed by atoms with Crippen LogP contribution in [-0.4, -0.2) is 20.9 Å². The van der Waals surface area contributed by atoms with Crippen LogP contribution < -0.4 is 10.6 Å². The van der Waals surface area contributed by atoms with Crippen LogP contribution in [0.25, 0.3) is 6.08 Å². The van der Waals surface area contributed by atoms with Crippen LogP contribution in [0.5, 0.6) is 0 Å².